The number of nitrogens with one attached hydrogen (secondary N) is 2. The van der Waals surface area contributed by atoms with Gasteiger partial charge >= 0.3 is 0 Å². The number of nitrogens with zero attached hydrogens (tertiary/aromatic N) is 1. The van der Waals surface area contributed by atoms with Gasteiger partial charge in [-0.05, 0) is 33.6 Å². The van der Waals surface area contributed by atoms with Crippen molar-refractivity contribution < 1.29 is 4.79 Å². The van der Waals surface area contributed by atoms with Crippen LogP contribution in [-0.2, 0) is 4.79 Å². The van der Waals surface area contributed by atoms with E-state index in [2.05, 4.69) is 29.6 Å². The summed E-state index contributed by atoms with van der Waals surface area (Å²) in [6.45, 7) is 7.89. The van der Waals surface area contributed by atoms with E-state index in [1.165, 1.54) is 19.3 Å². The van der Waals surface area contributed by atoms with Gasteiger partial charge in [0.25, 0.3) is 0 Å². The Kier molecular flexibility index (Phi) is 5.77. The Bertz CT molecular complexity index is 210. The summed E-state index contributed by atoms with van der Waals surface area (Å²) < 4.78 is 0. The second kappa shape index (κ2) is 6.86. The number of hydrogen-bond acceptors (Lipinski definition) is 3. The molecule has 1 saturated heterocycles. The lowest BCUT2D eigenvalue weighted by molar-refractivity contribution is -0.121. The third-order valence-corrected chi connectivity index (χ3v) is 3.21. The van der Waals surface area contributed by atoms with Gasteiger partial charge in [-0.25, -0.2) is 5.01 Å². The zero-order chi connectivity index (χ0) is 12.0. The second-order valence-corrected chi connectivity index (χ2v) is 4.65. The molecule has 0 spiro atoms. The van der Waals surface area contributed by atoms with Crippen molar-refractivity contribution in [3.8, 4) is 0 Å². The summed E-state index contributed by atoms with van der Waals surface area (Å²) in [7, 11) is 0. The van der Waals surface area contributed by atoms with Crippen LogP contribution in [0.15, 0.2) is 0 Å². The Morgan fingerprint density at radius 3 is 2.50 bits per heavy atom. The van der Waals surface area contributed by atoms with Crippen LogP contribution in [0.25, 0.3) is 0 Å². The number of rotatable bonds is 5. The van der Waals surface area contributed by atoms with E-state index >= 15 is 0 Å². The van der Waals surface area contributed by atoms with Crippen LogP contribution in [0.5, 0.6) is 0 Å². The van der Waals surface area contributed by atoms with Gasteiger partial charge < -0.3 is 5.32 Å². The minimum Gasteiger partial charge on any atom is -0.356 e. The quantitative estimate of drug-likeness (QED) is 0.743. The van der Waals surface area contributed by atoms with Crippen LogP contribution in [-0.4, -0.2) is 36.1 Å². The number of carbonyl (C=O) groups is 1. The van der Waals surface area contributed by atoms with Crippen molar-refractivity contribution >= 4 is 5.91 Å². The minimum atomic E-state index is 0.132. The number of hydrazine groups is 1. The fraction of sp³-hybridized carbons (Fsp3) is 0.917. The van der Waals surface area contributed by atoms with Crippen LogP contribution < -0.4 is 10.7 Å². The molecule has 0 aromatic rings. The largest absolute Gasteiger partial charge is 0.356 e. The number of hydrogen-bond donors (Lipinski definition) is 2. The highest BCUT2D eigenvalue weighted by Crippen LogP contribution is 2.19. The molecule has 0 aromatic heterocycles. The SMILES string of the molecule is CCNC(=O)CCNN1C(C)CCCC1C. The normalized spacial score (nSPS) is 26.7. The van der Waals surface area contributed by atoms with Crippen molar-refractivity contribution in [2.45, 2.75) is 58.5 Å². The fourth-order valence-electron chi connectivity index (χ4n) is 2.32. The van der Waals surface area contributed by atoms with Gasteiger partial charge in [0.2, 0.25) is 5.91 Å². The summed E-state index contributed by atoms with van der Waals surface area (Å²) in [5.41, 5.74) is 3.38. The average Bonchev–Trinajstić information content (AvgIpc) is 2.23. The molecule has 1 fully saturated rings. The Hall–Kier alpha value is -0.610. The van der Waals surface area contributed by atoms with Gasteiger partial charge in [-0.2, -0.15) is 0 Å². The molecule has 0 radical (unpaired) electrons. The van der Waals surface area contributed by atoms with Crippen molar-refractivity contribution in [1.29, 1.82) is 0 Å². The standard InChI is InChI=1S/C12H25N3O/c1-4-13-12(16)8-9-14-15-10(2)6-5-7-11(15)3/h10-11,14H,4-9H2,1-3H3,(H,13,16). The van der Waals surface area contributed by atoms with Gasteiger partial charge in [0.15, 0.2) is 0 Å². The van der Waals surface area contributed by atoms with Crippen molar-refractivity contribution in [2.24, 2.45) is 0 Å². The van der Waals surface area contributed by atoms with E-state index in [0.717, 1.165) is 13.1 Å². The highest BCUT2D eigenvalue weighted by atomic mass is 16.1. The first-order valence-corrected chi connectivity index (χ1v) is 6.43. The summed E-state index contributed by atoms with van der Waals surface area (Å²) in [5.74, 6) is 0.132. The van der Waals surface area contributed by atoms with Gasteiger partial charge in [-0.3, -0.25) is 10.2 Å². The van der Waals surface area contributed by atoms with Gasteiger partial charge in [-0.15, -0.1) is 0 Å². The van der Waals surface area contributed by atoms with E-state index in [0.29, 0.717) is 18.5 Å². The molecule has 1 heterocycles. The van der Waals surface area contributed by atoms with Crippen molar-refractivity contribution in [3.63, 3.8) is 0 Å². The van der Waals surface area contributed by atoms with Gasteiger partial charge in [-0.1, -0.05) is 6.42 Å². The Morgan fingerprint density at radius 1 is 1.31 bits per heavy atom. The molecular formula is C12H25N3O. The molecule has 94 valence electrons. The molecule has 0 bridgehead atoms. The van der Waals surface area contributed by atoms with E-state index in [-0.39, 0.29) is 5.91 Å². The van der Waals surface area contributed by atoms with Gasteiger partial charge in [0, 0.05) is 31.6 Å². The van der Waals surface area contributed by atoms with Crippen molar-refractivity contribution in [2.75, 3.05) is 13.1 Å². The van der Waals surface area contributed by atoms with Crippen molar-refractivity contribution in [1.82, 2.24) is 15.8 Å². The lowest BCUT2D eigenvalue weighted by atomic mass is 10.00. The van der Waals surface area contributed by atoms with Crippen LogP contribution >= 0.6 is 0 Å². The Balaban J connectivity index is 2.22. The molecule has 1 aliphatic heterocycles. The van der Waals surface area contributed by atoms with E-state index < -0.39 is 0 Å². The van der Waals surface area contributed by atoms with Crippen LogP contribution in [0.3, 0.4) is 0 Å². The topological polar surface area (TPSA) is 44.4 Å². The third-order valence-electron chi connectivity index (χ3n) is 3.21. The van der Waals surface area contributed by atoms with Crippen LogP contribution in [0.1, 0.15) is 46.5 Å². The minimum absolute atomic E-state index is 0.132. The molecule has 4 nitrogen and oxygen atoms in total. The first-order chi connectivity index (χ1) is 7.65. The molecule has 2 unspecified atom stereocenters. The zero-order valence-corrected chi connectivity index (χ0v) is 10.8. The summed E-state index contributed by atoms with van der Waals surface area (Å²) >= 11 is 0. The molecule has 0 aromatic carbocycles. The van der Waals surface area contributed by atoms with E-state index in [9.17, 15) is 4.79 Å². The molecule has 1 aliphatic rings. The predicted molar refractivity (Wildman–Crippen MR) is 65.9 cm³/mol. The summed E-state index contributed by atoms with van der Waals surface area (Å²) in [6, 6.07) is 1.16. The van der Waals surface area contributed by atoms with Crippen LogP contribution in [0, 0.1) is 0 Å². The average molecular weight is 227 g/mol. The predicted octanol–water partition coefficient (Wildman–Crippen LogP) is 1.28. The molecule has 0 aliphatic carbocycles. The van der Waals surface area contributed by atoms with Gasteiger partial charge in [0.1, 0.15) is 0 Å². The highest BCUT2D eigenvalue weighted by molar-refractivity contribution is 5.75. The summed E-state index contributed by atoms with van der Waals surface area (Å²) in [5, 5.41) is 5.12. The van der Waals surface area contributed by atoms with E-state index in [4.69, 9.17) is 0 Å². The van der Waals surface area contributed by atoms with Gasteiger partial charge in [0.05, 0.1) is 0 Å². The molecule has 1 amide bonds. The fourth-order valence-corrected chi connectivity index (χ4v) is 2.32. The molecule has 2 N–H and O–H groups in total. The van der Waals surface area contributed by atoms with E-state index in [1.54, 1.807) is 0 Å². The Morgan fingerprint density at radius 2 is 1.94 bits per heavy atom. The summed E-state index contributed by atoms with van der Waals surface area (Å²) in [6.07, 6.45) is 4.37. The lowest BCUT2D eigenvalue weighted by Gasteiger charge is -2.39. The molecular weight excluding hydrogens is 202 g/mol. The number of amides is 1. The molecule has 4 heteroatoms. The first-order valence-electron chi connectivity index (χ1n) is 6.43. The Labute approximate surface area is 98.7 Å². The first kappa shape index (κ1) is 13.5. The van der Waals surface area contributed by atoms with Crippen LogP contribution in [0.4, 0.5) is 0 Å². The maximum Gasteiger partial charge on any atom is 0.221 e. The van der Waals surface area contributed by atoms with Crippen molar-refractivity contribution in [3.05, 3.63) is 0 Å². The monoisotopic (exact) mass is 227 g/mol. The molecule has 0 saturated carbocycles. The summed E-state index contributed by atoms with van der Waals surface area (Å²) in [4.78, 5) is 11.3. The smallest absolute Gasteiger partial charge is 0.221 e. The second-order valence-electron chi connectivity index (χ2n) is 4.65. The number of carbonyl (C=O) groups excluding carboxylic acids is 1. The maximum atomic E-state index is 11.3. The third kappa shape index (κ3) is 4.10. The van der Waals surface area contributed by atoms with Crippen LogP contribution in [0.2, 0.25) is 0 Å². The highest BCUT2D eigenvalue weighted by Gasteiger charge is 2.23. The lowest BCUT2D eigenvalue weighted by Crippen LogP contribution is -2.52. The zero-order valence-electron chi connectivity index (χ0n) is 10.8. The van der Waals surface area contributed by atoms with E-state index in [1.807, 2.05) is 6.92 Å². The molecule has 16 heavy (non-hydrogen) atoms. The maximum absolute atomic E-state index is 11.3. The molecule has 2 atom stereocenters. The number of piperidine rings is 1. The molecule has 1 rings (SSSR count).